The molecule has 0 bridgehead atoms. The zero-order chi connectivity index (χ0) is 18.6. The minimum Gasteiger partial charge on any atom is -0.491 e. The maximum atomic E-state index is 6.45. The predicted octanol–water partition coefficient (Wildman–Crippen LogP) is 2.79. The van der Waals surface area contributed by atoms with Crippen LogP contribution in [0.3, 0.4) is 0 Å². The predicted molar refractivity (Wildman–Crippen MR) is 110 cm³/mol. The van der Waals surface area contributed by atoms with Crippen molar-refractivity contribution in [3.63, 3.8) is 0 Å². The summed E-state index contributed by atoms with van der Waals surface area (Å²) in [7, 11) is 1.67. The molecule has 6 nitrogen and oxygen atoms in total. The van der Waals surface area contributed by atoms with E-state index in [-0.39, 0.29) is 25.2 Å². The molecule has 0 amide bonds. The van der Waals surface area contributed by atoms with Crippen molar-refractivity contribution in [2.24, 2.45) is 5.73 Å². The van der Waals surface area contributed by atoms with Crippen LogP contribution in [0.1, 0.15) is 17.0 Å². The van der Waals surface area contributed by atoms with E-state index in [1.165, 1.54) is 5.56 Å². The van der Waals surface area contributed by atoms with Crippen LogP contribution < -0.4 is 19.9 Å². The SMILES string of the molecule is COCCOc1cc2c(cc1CN1C[C@@H](N)[C@H](c3ccccc3)C1)OCO2.Cl. The van der Waals surface area contributed by atoms with Crippen LogP contribution in [0.15, 0.2) is 42.5 Å². The fourth-order valence-corrected chi connectivity index (χ4v) is 3.79. The number of likely N-dealkylation sites (tertiary alicyclic amines) is 1. The Labute approximate surface area is 171 Å². The molecule has 2 aromatic rings. The summed E-state index contributed by atoms with van der Waals surface area (Å²) < 4.78 is 22.1. The van der Waals surface area contributed by atoms with Crippen molar-refractivity contribution in [2.45, 2.75) is 18.5 Å². The van der Waals surface area contributed by atoms with Gasteiger partial charge < -0.3 is 24.7 Å². The van der Waals surface area contributed by atoms with Crippen LogP contribution in [0.5, 0.6) is 17.2 Å². The standard InChI is InChI=1S/C21H26N2O4.ClH/c1-24-7-8-25-19-10-21-20(26-14-27-21)9-16(19)11-23-12-17(18(22)13-23)15-5-3-2-4-6-15;/h2-6,9-10,17-18H,7-8,11-14,22H2,1H3;1H/t17-,18+;/m0./s1. The number of nitrogens with two attached hydrogens (primary N) is 1. The van der Waals surface area contributed by atoms with Crippen LogP contribution in [0.2, 0.25) is 0 Å². The summed E-state index contributed by atoms with van der Waals surface area (Å²) in [5.41, 5.74) is 8.83. The van der Waals surface area contributed by atoms with Gasteiger partial charge in [-0.15, -0.1) is 12.4 Å². The van der Waals surface area contributed by atoms with E-state index < -0.39 is 0 Å². The fraction of sp³-hybridized carbons (Fsp3) is 0.429. The largest absolute Gasteiger partial charge is 0.491 e. The van der Waals surface area contributed by atoms with Crippen LogP contribution in [0.25, 0.3) is 0 Å². The van der Waals surface area contributed by atoms with E-state index in [0.29, 0.717) is 19.1 Å². The van der Waals surface area contributed by atoms with E-state index in [1.807, 2.05) is 18.2 Å². The third kappa shape index (κ3) is 4.52. The van der Waals surface area contributed by atoms with Crippen molar-refractivity contribution in [2.75, 3.05) is 40.2 Å². The molecule has 0 unspecified atom stereocenters. The molecule has 7 heteroatoms. The molecule has 2 aliphatic heterocycles. The monoisotopic (exact) mass is 406 g/mol. The number of ether oxygens (including phenoxy) is 4. The lowest BCUT2D eigenvalue weighted by atomic mass is 9.95. The molecule has 0 aliphatic carbocycles. The lowest BCUT2D eigenvalue weighted by molar-refractivity contribution is 0.145. The topological polar surface area (TPSA) is 66.2 Å². The quantitative estimate of drug-likeness (QED) is 0.713. The Morgan fingerprint density at radius 2 is 1.82 bits per heavy atom. The first-order valence-corrected chi connectivity index (χ1v) is 9.31. The molecule has 0 saturated carbocycles. The van der Waals surface area contributed by atoms with Gasteiger partial charge >= 0.3 is 0 Å². The molecule has 2 aromatic carbocycles. The third-order valence-corrected chi connectivity index (χ3v) is 5.16. The molecule has 4 rings (SSSR count). The van der Waals surface area contributed by atoms with Gasteiger partial charge in [-0.25, -0.2) is 0 Å². The lowest BCUT2D eigenvalue weighted by Gasteiger charge is -2.19. The first-order valence-electron chi connectivity index (χ1n) is 9.31. The molecule has 28 heavy (non-hydrogen) atoms. The second-order valence-electron chi connectivity index (χ2n) is 7.03. The summed E-state index contributed by atoms with van der Waals surface area (Å²) in [4.78, 5) is 2.38. The summed E-state index contributed by atoms with van der Waals surface area (Å²) in [5.74, 6) is 2.66. The number of methoxy groups -OCH3 is 1. The second kappa shape index (κ2) is 9.47. The Kier molecular flexibility index (Phi) is 7.02. The summed E-state index contributed by atoms with van der Waals surface area (Å²) in [6.07, 6.45) is 0. The molecule has 2 atom stereocenters. The number of fused-ring (bicyclic) bond motifs is 1. The van der Waals surface area contributed by atoms with Crippen molar-refractivity contribution in [1.82, 2.24) is 4.90 Å². The number of rotatable bonds is 7. The maximum absolute atomic E-state index is 6.45. The zero-order valence-electron chi connectivity index (χ0n) is 16.0. The molecule has 2 heterocycles. The molecule has 1 fully saturated rings. The normalized spacial score (nSPS) is 20.8. The van der Waals surface area contributed by atoms with Crippen molar-refractivity contribution in [3.8, 4) is 17.2 Å². The number of nitrogens with zero attached hydrogens (tertiary/aromatic N) is 1. The third-order valence-electron chi connectivity index (χ3n) is 5.16. The number of hydrogen-bond acceptors (Lipinski definition) is 6. The van der Waals surface area contributed by atoms with Gasteiger partial charge in [-0.3, -0.25) is 4.90 Å². The van der Waals surface area contributed by atoms with Crippen molar-refractivity contribution in [1.29, 1.82) is 0 Å². The van der Waals surface area contributed by atoms with E-state index in [9.17, 15) is 0 Å². The Morgan fingerprint density at radius 1 is 1.07 bits per heavy atom. The summed E-state index contributed by atoms with van der Waals surface area (Å²) in [5, 5.41) is 0. The zero-order valence-corrected chi connectivity index (χ0v) is 16.8. The highest BCUT2D eigenvalue weighted by molar-refractivity contribution is 5.85. The molecular weight excluding hydrogens is 380 g/mol. The number of halogens is 1. The molecule has 152 valence electrons. The molecule has 1 saturated heterocycles. The Bertz CT molecular complexity index is 775. The second-order valence-corrected chi connectivity index (χ2v) is 7.03. The molecular formula is C21H27ClN2O4. The van der Waals surface area contributed by atoms with Crippen molar-refractivity contribution >= 4 is 12.4 Å². The van der Waals surface area contributed by atoms with E-state index in [2.05, 4.69) is 29.2 Å². The fourth-order valence-electron chi connectivity index (χ4n) is 3.79. The Morgan fingerprint density at radius 3 is 2.57 bits per heavy atom. The first-order chi connectivity index (χ1) is 13.2. The highest BCUT2D eigenvalue weighted by Crippen LogP contribution is 2.39. The van der Waals surface area contributed by atoms with Crippen LogP contribution in [0, 0.1) is 0 Å². The Balaban J connectivity index is 0.00000225. The molecule has 2 N–H and O–H groups in total. The summed E-state index contributed by atoms with van der Waals surface area (Å²) >= 11 is 0. The van der Waals surface area contributed by atoms with Crippen LogP contribution in [0.4, 0.5) is 0 Å². The van der Waals surface area contributed by atoms with Gasteiger partial charge in [0.05, 0.1) is 6.61 Å². The van der Waals surface area contributed by atoms with E-state index in [1.54, 1.807) is 7.11 Å². The highest BCUT2D eigenvalue weighted by Gasteiger charge is 2.32. The van der Waals surface area contributed by atoms with E-state index >= 15 is 0 Å². The van der Waals surface area contributed by atoms with Gasteiger partial charge in [0, 0.05) is 50.3 Å². The lowest BCUT2D eigenvalue weighted by Crippen LogP contribution is -2.28. The maximum Gasteiger partial charge on any atom is 0.231 e. The van der Waals surface area contributed by atoms with Gasteiger partial charge in [-0.2, -0.15) is 0 Å². The van der Waals surface area contributed by atoms with Gasteiger partial charge in [0.2, 0.25) is 6.79 Å². The first kappa shape index (κ1) is 20.7. The van der Waals surface area contributed by atoms with Crippen LogP contribution in [-0.4, -0.2) is 51.1 Å². The van der Waals surface area contributed by atoms with E-state index in [0.717, 1.165) is 42.4 Å². The highest BCUT2D eigenvalue weighted by atomic mass is 35.5. The summed E-state index contributed by atoms with van der Waals surface area (Å²) in [6.45, 7) is 3.83. The smallest absolute Gasteiger partial charge is 0.231 e. The average Bonchev–Trinajstić information content (AvgIpc) is 3.28. The van der Waals surface area contributed by atoms with Crippen LogP contribution >= 0.6 is 12.4 Å². The molecule has 0 radical (unpaired) electrons. The number of benzene rings is 2. The van der Waals surface area contributed by atoms with Crippen LogP contribution in [-0.2, 0) is 11.3 Å². The van der Waals surface area contributed by atoms with Gasteiger partial charge in [-0.05, 0) is 11.6 Å². The number of hydrogen-bond donors (Lipinski definition) is 1. The van der Waals surface area contributed by atoms with Crippen molar-refractivity contribution < 1.29 is 18.9 Å². The minimum absolute atomic E-state index is 0. The minimum atomic E-state index is 0. The van der Waals surface area contributed by atoms with E-state index in [4.69, 9.17) is 24.7 Å². The average molecular weight is 407 g/mol. The van der Waals surface area contributed by atoms with Gasteiger partial charge in [0.1, 0.15) is 12.4 Å². The van der Waals surface area contributed by atoms with Gasteiger partial charge in [0.15, 0.2) is 11.5 Å². The molecule has 2 aliphatic rings. The molecule has 0 spiro atoms. The van der Waals surface area contributed by atoms with Gasteiger partial charge in [0.25, 0.3) is 0 Å². The molecule has 0 aromatic heterocycles. The van der Waals surface area contributed by atoms with Crippen molar-refractivity contribution in [3.05, 3.63) is 53.6 Å². The summed E-state index contributed by atoms with van der Waals surface area (Å²) in [6, 6.07) is 14.6. The van der Waals surface area contributed by atoms with Gasteiger partial charge in [-0.1, -0.05) is 30.3 Å². The Hall–Kier alpha value is -1.99.